The van der Waals surface area contributed by atoms with E-state index in [0.717, 1.165) is 17.6 Å². The zero-order valence-corrected chi connectivity index (χ0v) is 21.6. The number of esters is 1. The van der Waals surface area contributed by atoms with Gasteiger partial charge in [-0.05, 0) is 24.6 Å². The molecule has 0 aliphatic carbocycles. The number of carbonyl (C=O) groups excluding carboxylic acids is 2. The summed E-state index contributed by atoms with van der Waals surface area (Å²) in [6, 6.07) is 11.4. The van der Waals surface area contributed by atoms with Gasteiger partial charge in [-0.25, -0.2) is 9.59 Å². The summed E-state index contributed by atoms with van der Waals surface area (Å²) in [4.78, 5) is 25.9. The van der Waals surface area contributed by atoms with E-state index in [4.69, 9.17) is 13.7 Å². The van der Waals surface area contributed by atoms with E-state index in [2.05, 4.69) is 0 Å². The lowest BCUT2D eigenvalue weighted by molar-refractivity contribution is -0.147. The Morgan fingerprint density at radius 3 is 2.29 bits per heavy atom. The zero-order valence-electron chi connectivity index (χ0n) is 20.8. The van der Waals surface area contributed by atoms with Gasteiger partial charge < -0.3 is 29.9 Å². The van der Waals surface area contributed by atoms with Crippen LogP contribution in [0.25, 0.3) is 0 Å². The molecule has 1 fully saturated rings. The molecule has 2 aromatic rings. The number of carbonyl (C=O) groups is 2. The third kappa shape index (κ3) is 6.87. The average molecular weight is 554 g/mol. The van der Waals surface area contributed by atoms with Crippen molar-refractivity contribution in [1.82, 2.24) is 4.90 Å². The van der Waals surface area contributed by atoms with Crippen LogP contribution < -0.4 is 0 Å². The van der Waals surface area contributed by atoms with E-state index >= 15 is 0 Å². The number of amides is 1. The van der Waals surface area contributed by atoms with E-state index in [1.807, 2.05) is 0 Å². The summed E-state index contributed by atoms with van der Waals surface area (Å²) >= 11 is 0. The summed E-state index contributed by atoms with van der Waals surface area (Å²) in [6.07, 6.45) is -8.98. The van der Waals surface area contributed by atoms with Crippen molar-refractivity contribution in [1.29, 1.82) is 0 Å². The van der Waals surface area contributed by atoms with Crippen LogP contribution in [-0.4, -0.2) is 96.0 Å². The van der Waals surface area contributed by atoms with Crippen LogP contribution in [-0.2, 0) is 35.2 Å². The first-order chi connectivity index (χ1) is 18.0. The highest BCUT2D eigenvalue weighted by molar-refractivity contribution is 7.86. The minimum absolute atomic E-state index is 0.176. The molecule has 1 saturated heterocycles. The molecular formula is C25H31NO11S. The van der Waals surface area contributed by atoms with Crippen LogP contribution in [0.4, 0.5) is 4.79 Å². The van der Waals surface area contributed by atoms with Crippen molar-refractivity contribution in [3.8, 4) is 0 Å². The first kappa shape index (κ1) is 29.5. The standard InChI is InChI=1S/C25H31NO11S/c1-15-8-10-17(11-9-15)38(33,34)37-14-20(28)22(29)23(30)21-19(27)12-18(24(31)35-2)26(21)25(32)36-13-16-6-4-3-5-7-16/h3-11,18-23,27-30H,12-14H2,1-2H3/t18-,19+,20-,21-,22-,23-/m1/s1. The van der Waals surface area contributed by atoms with Gasteiger partial charge in [-0.2, -0.15) is 8.42 Å². The predicted octanol–water partition coefficient (Wildman–Crippen LogP) is 0.0966. The molecule has 13 heteroatoms. The van der Waals surface area contributed by atoms with Crippen LogP contribution in [0.5, 0.6) is 0 Å². The third-order valence-corrected chi connectivity index (χ3v) is 7.50. The molecule has 1 heterocycles. The van der Waals surface area contributed by atoms with Gasteiger partial charge in [0.15, 0.2) is 0 Å². The van der Waals surface area contributed by atoms with Gasteiger partial charge in [0.2, 0.25) is 0 Å². The molecule has 3 rings (SSSR count). The van der Waals surface area contributed by atoms with Gasteiger partial charge in [0.25, 0.3) is 10.1 Å². The first-order valence-electron chi connectivity index (χ1n) is 11.7. The molecule has 1 amide bonds. The number of ether oxygens (including phenoxy) is 2. The molecule has 6 atom stereocenters. The second-order valence-electron chi connectivity index (χ2n) is 8.88. The van der Waals surface area contributed by atoms with Crippen molar-refractivity contribution in [2.45, 2.75) is 61.3 Å². The van der Waals surface area contributed by atoms with Gasteiger partial charge in [-0.15, -0.1) is 0 Å². The van der Waals surface area contributed by atoms with Crippen LogP contribution in [0.2, 0.25) is 0 Å². The Morgan fingerprint density at radius 2 is 1.68 bits per heavy atom. The van der Waals surface area contributed by atoms with Gasteiger partial charge in [0.05, 0.1) is 30.8 Å². The fraction of sp³-hybridized carbons (Fsp3) is 0.440. The van der Waals surface area contributed by atoms with Crippen LogP contribution in [0.3, 0.4) is 0 Å². The van der Waals surface area contributed by atoms with Gasteiger partial charge in [-0.1, -0.05) is 48.0 Å². The molecule has 0 radical (unpaired) electrons. The Labute approximate surface area is 220 Å². The van der Waals surface area contributed by atoms with E-state index in [1.54, 1.807) is 49.4 Å². The Balaban J connectivity index is 1.73. The third-order valence-electron chi connectivity index (χ3n) is 6.20. The number of hydrogen-bond acceptors (Lipinski definition) is 11. The second kappa shape index (κ2) is 12.7. The summed E-state index contributed by atoms with van der Waals surface area (Å²) in [7, 11) is -3.21. The molecule has 1 aliphatic rings. The van der Waals surface area contributed by atoms with Crippen molar-refractivity contribution >= 4 is 22.2 Å². The molecule has 0 bridgehead atoms. The second-order valence-corrected chi connectivity index (χ2v) is 10.5. The average Bonchev–Trinajstić information content (AvgIpc) is 3.26. The smallest absolute Gasteiger partial charge is 0.411 e. The molecular weight excluding hydrogens is 522 g/mol. The van der Waals surface area contributed by atoms with Crippen molar-refractivity contribution in [3.05, 3.63) is 65.7 Å². The predicted molar refractivity (Wildman–Crippen MR) is 131 cm³/mol. The number of aliphatic hydroxyl groups is 4. The molecule has 2 aromatic carbocycles. The van der Waals surface area contributed by atoms with Crippen molar-refractivity contribution in [2.24, 2.45) is 0 Å². The zero-order chi connectivity index (χ0) is 28.0. The quantitative estimate of drug-likeness (QED) is 0.231. The Morgan fingerprint density at radius 1 is 1.05 bits per heavy atom. The lowest BCUT2D eigenvalue weighted by atomic mass is 9.97. The number of methoxy groups -OCH3 is 1. The number of rotatable bonds is 10. The minimum atomic E-state index is -4.29. The van der Waals surface area contributed by atoms with E-state index in [-0.39, 0.29) is 17.9 Å². The number of aliphatic hydroxyl groups excluding tert-OH is 4. The van der Waals surface area contributed by atoms with Crippen LogP contribution >= 0.6 is 0 Å². The summed E-state index contributed by atoms with van der Waals surface area (Å²) in [5, 5.41) is 42.4. The Bertz CT molecular complexity index is 1190. The van der Waals surface area contributed by atoms with E-state index < -0.39 is 65.3 Å². The maximum atomic E-state index is 13.0. The molecule has 12 nitrogen and oxygen atoms in total. The van der Waals surface area contributed by atoms with E-state index in [0.29, 0.717) is 5.56 Å². The number of nitrogens with zero attached hydrogens (tertiary/aromatic N) is 1. The number of hydrogen-bond donors (Lipinski definition) is 4. The maximum Gasteiger partial charge on any atom is 0.411 e. The number of aryl methyl sites for hydroxylation is 1. The number of likely N-dealkylation sites (tertiary alicyclic amines) is 1. The highest BCUT2D eigenvalue weighted by Crippen LogP contribution is 2.31. The summed E-state index contributed by atoms with van der Waals surface area (Å²) in [5.74, 6) is -0.891. The van der Waals surface area contributed by atoms with Crippen LogP contribution in [0.15, 0.2) is 59.5 Å². The Kier molecular flexibility index (Phi) is 9.82. The van der Waals surface area contributed by atoms with E-state index in [1.165, 1.54) is 12.1 Å². The summed E-state index contributed by atoms with van der Waals surface area (Å²) in [5.41, 5.74) is 1.45. The fourth-order valence-corrected chi connectivity index (χ4v) is 5.04. The number of benzene rings is 2. The highest BCUT2D eigenvalue weighted by Gasteiger charge is 2.53. The maximum absolute atomic E-state index is 13.0. The van der Waals surface area contributed by atoms with Crippen molar-refractivity contribution in [3.63, 3.8) is 0 Å². The fourth-order valence-electron chi connectivity index (χ4n) is 4.12. The Hall–Kier alpha value is -3.07. The summed E-state index contributed by atoms with van der Waals surface area (Å²) < 4.78 is 39.6. The lowest BCUT2D eigenvalue weighted by Gasteiger charge is -2.35. The topological polar surface area (TPSA) is 180 Å². The van der Waals surface area contributed by atoms with Crippen LogP contribution in [0.1, 0.15) is 17.5 Å². The van der Waals surface area contributed by atoms with Crippen LogP contribution in [0, 0.1) is 6.92 Å². The molecule has 0 spiro atoms. The van der Waals surface area contributed by atoms with Gasteiger partial charge >= 0.3 is 12.1 Å². The molecule has 4 N–H and O–H groups in total. The molecule has 208 valence electrons. The normalized spacial score (nSPS) is 21.9. The summed E-state index contributed by atoms with van der Waals surface area (Å²) in [6.45, 7) is 0.650. The molecule has 0 saturated carbocycles. The minimum Gasteiger partial charge on any atom is -0.467 e. The van der Waals surface area contributed by atoms with Gasteiger partial charge in [0.1, 0.15) is 31.0 Å². The van der Waals surface area contributed by atoms with Gasteiger partial charge in [0, 0.05) is 6.42 Å². The lowest BCUT2D eigenvalue weighted by Crippen LogP contribution is -2.57. The molecule has 0 unspecified atom stereocenters. The van der Waals surface area contributed by atoms with Crippen molar-refractivity contribution in [2.75, 3.05) is 13.7 Å². The van der Waals surface area contributed by atoms with Gasteiger partial charge in [-0.3, -0.25) is 9.08 Å². The SMILES string of the molecule is COC(=O)[C@H]1C[C@H](O)[C@H]([C@@H](O)[C@H](O)[C@H](O)COS(=O)(=O)c2ccc(C)cc2)N1C(=O)OCc1ccccc1. The van der Waals surface area contributed by atoms with Crippen molar-refractivity contribution < 1.29 is 52.1 Å². The molecule has 0 aromatic heterocycles. The van der Waals surface area contributed by atoms with E-state index in [9.17, 15) is 38.4 Å². The highest BCUT2D eigenvalue weighted by atomic mass is 32.2. The largest absolute Gasteiger partial charge is 0.467 e. The molecule has 38 heavy (non-hydrogen) atoms. The monoisotopic (exact) mass is 553 g/mol. The first-order valence-corrected chi connectivity index (χ1v) is 13.1. The molecule has 1 aliphatic heterocycles.